The highest BCUT2D eigenvalue weighted by molar-refractivity contribution is 7.93. The van der Waals surface area contributed by atoms with Crippen LogP contribution in [0.5, 0.6) is 5.75 Å². The molecule has 0 atom stereocenters. The van der Waals surface area contributed by atoms with Gasteiger partial charge in [-0.05, 0) is 67.6 Å². The lowest BCUT2D eigenvalue weighted by Crippen LogP contribution is -2.39. The summed E-state index contributed by atoms with van der Waals surface area (Å²) in [6.45, 7) is 2.23. The van der Waals surface area contributed by atoms with Crippen molar-refractivity contribution in [1.82, 2.24) is 0 Å². The molecule has 0 aliphatic rings. The van der Waals surface area contributed by atoms with E-state index < -0.39 is 27.1 Å². The summed E-state index contributed by atoms with van der Waals surface area (Å²) < 4.78 is 38.3. The van der Waals surface area contributed by atoms with Gasteiger partial charge in [0.2, 0.25) is 0 Å². The fraction of sp³-hybridized carbons (Fsp3) is 0.0833. The molecular formula is C24H18ClNO6S. The maximum Gasteiger partial charge on any atom is 0.349 e. The first-order chi connectivity index (χ1) is 15.8. The number of benzene rings is 3. The summed E-state index contributed by atoms with van der Waals surface area (Å²) in [5.41, 5.74) is -1.04. The van der Waals surface area contributed by atoms with Gasteiger partial charge < -0.3 is 9.15 Å². The van der Waals surface area contributed by atoms with Crippen LogP contribution in [0.2, 0.25) is 5.02 Å². The summed E-state index contributed by atoms with van der Waals surface area (Å²) in [6, 6.07) is 19.3. The fourth-order valence-corrected chi connectivity index (χ4v) is 4.77. The van der Waals surface area contributed by atoms with Crippen LogP contribution in [0.1, 0.15) is 17.3 Å². The standard InChI is InChI=1S/C24H18ClNO6S/c1-2-31-19-11-9-18(10-12-19)26(33(29,30)20-13-7-17(25)8-14-20)23(27)21-15-16-5-3-4-6-22(16)32-24(21)28/h3-15H,2H2,1H3. The lowest BCUT2D eigenvalue weighted by atomic mass is 10.1. The largest absolute Gasteiger partial charge is 0.494 e. The number of amides is 1. The summed E-state index contributed by atoms with van der Waals surface area (Å²) >= 11 is 5.90. The van der Waals surface area contributed by atoms with Crippen LogP contribution in [0, 0.1) is 0 Å². The lowest BCUT2D eigenvalue weighted by Gasteiger charge is -2.22. The highest BCUT2D eigenvalue weighted by Gasteiger charge is 2.34. The number of sulfonamides is 1. The number of anilines is 1. The molecule has 4 aromatic rings. The average Bonchev–Trinajstić information content (AvgIpc) is 2.80. The minimum atomic E-state index is -4.41. The molecule has 7 nitrogen and oxygen atoms in total. The molecule has 0 N–H and O–H groups in total. The lowest BCUT2D eigenvalue weighted by molar-refractivity contribution is 0.100. The van der Waals surface area contributed by atoms with Crippen molar-refractivity contribution in [1.29, 1.82) is 0 Å². The minimum Gasteiger partial charge on any atom is -0.494 e. The second kappa shape index (κ2) is 9.09. The Balaban J connectivity index is 1.88. The molecule has 168 valence electrons. The molecule has 0 aliphatic carbocycles. The number of nitrogens with zero attached hydrogens (tertiary/aromatic N) is 1. The Morgan fingerprint density at radius 3 is 2.33 bits per heavy atom. The quantitative estimate of drug-likeness (QED) is 0.363. The van der Waals surface area contributed by atoms with Gasteiger partial charge in [-0.15, -0.1) is 0 Å². The number of hydrogen-bond acceptors (Lipinski definition) is 6. The minimum absolute atomic E-state index is 0.0333. The summed E-state index contributed by atoms with van der Waals surface area (Å²) in [7, 11) is -4.41. The summed E-state index contributed by atoms with van der Waals surface area (Å²) in [5.74, 6) is -0.545. The first-order valence-corrected chi connectivity index (χ1v) is 11.7. The number of carbonyl (C=O) groups excluding carboxylic acids is 1. The highest BCUT2D eigenvalue weighted by atomic mass is 35.5. The summed E-state index contributed by atoms with van der Waals surface area (Å²) in [5, 5.41) is 0.819. The molecule has 0 aliphatic heterocycles. The molecule has 1 heterocycles. The molecule has 0 fully saturated rings. The molecule has 0 bridgehead atoms. The van der Waals surface area contributed by atoms with Crippen molar-refractivity contribution in [2.45, 2.75) is 11.8 Å². The number of para-hydroxylation sites is 1. The third-order valence-corrected chi connectivity index (χ3v) is 6.77. The van der Waals surface area contributed by atoms with E-state index in [-0.39, 0.29) is 16.2 Å². The van der Waals surface area contributed by atoms with E-state index >= 15 is 0 Å². The van der Waals surface area contributed by atoms with E-state index in [1.165, 1.54) is 42.5 Å². The third-order valence-electron chi connectivity index (χ3n) is 4.79. The first kappa shape index (κ1) is 22.6. The molecule has 1 aromatic heterocycles. The van der Waals surface area contributed by atoms with Crippen molar-refractivity contribution in [3.05, 3.63) is 99.9 Å². The van der Waals surface area contributed by atoms with Crippen LogP contribution in [-0.2, 0) is 10.0 Å². The van der Waals surface area contributed by atoms with Crippen molar-refractivity contribution in [3.8, 4) is 5.75 Å². The molecule has 0 saturated carbocycles. The van der Waals surface area contributed by atoms with E-state index in [1.807, 2.05) is 6.92 Å². The van der Waals surface area contributed by atoms with Gasteiger partial charge in [0.05, 0.1) is 17.2 Å². The van der Waals surface area contributed by atoms with Gasteiger partial charge in [-0.25, -0.2) is 13.2 Å². The van der Waals surface area contributed by atoms with E-state index in [2.05, 4.69) is 0 Å². The van der Waals surface area contributed by atoms with Crippen molar-refractivity contribution in [3.63, 3.8) is 0 Å². The van der Waals surface area contributed by atoms with Crippen molar-refractivity contribution >= 4 is 44.2 Å². The molecule has 0 spiro atoms. The topological polar surface area (TPSA) is 93.9 Å². The second-order valence-corrected chi connectivity index (χ2v) is 9.16. The van der Waals surface area contributed by atoms with Gasteiger partial charge in [-0.2, -0.15) is 4.31 Å². The molecular weight excluding hydrogens is 466 g/mol. The second-order valence-electron chi connectivity index (χ2n) is 6.94. The van der Waals surface area contributed by atoms with Crippen LogP contribution in [0.3, 0.4) is 0 Å². The molecule has 1 amide bonds. The van der Waals surface area contributed by atoms with E-state index in [0.29, 0.717) is 27.1 Å². The zero-order chi connectivity index (χ0) is 23.6. The maximum atomic E-state index is 13.5. The Kier molecular flexibility index (Phi) is 6.22. The third kappa shape index (κ3) is 4.48. The van der Waals surface area contributed by atoms with Crippen molar-refractivity contribution in [2.24, 2.45) is 0 Å². The Morgan fingerprint density at radius 1 is 1.00 bits per heavy atom. The molecule has 33 heavy (non-hydrogen) atoms. The van der Waals surface area contributed by atoms with Crippen LogP contribution in [-0.4, -0.2) is 20.9 Å². The number of carbonyl (C=O) groups is 1. The van der Waals surface area contributed by atoms with Crippen LogP contribution in [0.15, 0.2) is 93.0 Å². The Morgan fingerprint density at radius 2 is 1.67 bits per heavy atom. The average molecular weight is 484 g/mol. The molecule has 0 unspecified atom stereocenters. The fourth-order valence-electron chi connectivity index (χ4n) is 3.24. The van der Waals surface area contributed by atoms with Crippen molar-refractivity contribution < 1.29 is 22.4 Å². The SMILES string of the molecule is CCOc1ccc(N(C(=O)c2cc3ccccc3oc2=O)S(=O)(=O)c2ccc(Cl)cc2)cc1. The zero-order valence-corrected chi connectivity index (χ0v) is 19.0. The number of hydrogen-bond donors (Lipinski definition) is 0. The van der Waals surface area contributed by atoms with Gasteiger partial charge >= 0.3 is 5.63 Å². The number of ether oxygens (including phenoxy) is 1. The Labute approximate surface area is 194 Å². The van der Waals surface area contributed by atoms with Crippen LogP contribution < -0.4 is 14.7 Å². The molecule has 3 aromatic carbocycles. The van der Waals surface area contributed by atoms with Gasteiger partial charge in [0.1, 0.15) is 16.9 Å². The normalized spacial score (nSPS) is 11.3. The van der Waals surface area contributed by atoms with Gasteiger partial charge in [0.15, 0.2) is 0 Å². The number of fused-ring (bicyclic) bond motifs is 1. The maximum absolute atomic E-state index is 13.5. The number of rotatable bonds is 6. The monoisotopic (exact) mass is 483 g/mol. The van der Waals surface area contributed by atoms with E-state index in [9.17, 15) is 18.0 Å². The molecule has 9 heteroatoms. The van der Waals surface area contributed by atoms with Gasteiger partial charge in [0.25, 0.3) is 15.9 Å². The van der Waals surface area contributed by atoms with E-state index in [1.54, 1.807) is 36.4 Å². The highest BCUT2D eigenvalue weighted by Crippen LogP contribution is 2.28. The summed E-state index contributed by atoms with van der Waals surface area (Å²) in [4.78, 5) is 26.0. The molecule has 4 rings (SSSR count). The van der Waals surface area contributed by atoms with Gasteiger partial charge in [0, 0.05) is 10.4 Å². The van der Waals surface area contributed by atoms with Gasteiger partial charge in [-0.1, -0.05) is 29.8 Å². The summed E-state index contributed by atoms with van der Waals surface area (Å²) in [6.07, 6.45) is 0. The first-order valence-electron chi connectivity index (χ1n) is 9.92. The molecule has 0 saturated heterocycles. The predicted molar refractivity (Wildman–Crippen MR) is 126 cm³/mol. The smallest absolute Gasteiger partial charge is 0.349 e. The van der Waals surface area contributed by atoms with E-state index in [4.69, 9.17) is 20.8 Å². The van der Waals surface area contributed by atoms with Crippen LogP contribution >= 0.6 is 11.6 Å². The van der Waals surface area contributed by atoms with E-state index in [0.717, 1.165) is 0 Å². The zero-order valence-electron chi connectivity index (χ0n) is 17.4. The van der Waals surface area contributed by atoms with Crippen LogP contribution in [0.25, 0.3) is 11.0 Å². The van der Waals surface area contributed by atoms with Crippen LogP contribution in [0.4, 0.5) is 5.69 Å². The predicted octanol–water partition coefficient (Wildman–Crippen LogP) is 4.88. The van der Waals surface area contributed by atoms with Crippen molar-refractivity contribution in [2.75, 3.05) is 10.9 Å². The van der Waals surface area contributed by atoms with Gasteiger partial charge in [-0.3, -0.25) is 4.79 Å². The molecule has 0 radical (unpaired) electrons. The Bertz CT molecular complexity index is 1480. The number of halogens is 1. The Hall–Kier alpha value is -3.62.